The van der Waals surface area contributed by atoms with Gasteiger partial charge in [0.15, 0.2) is 5.17 Å². The Labute approximate surface area is 151 Å². The standard InChI is InChI=1S/C19H19N3O2S/c1-2-22-17(23)13-16(18(24)20-14-9-5-3-6-10-14)25-19(22)21-15-11-7-4-8-12-15/h3-12,16H,2,13H2,1H3,(H,20,24)/t16-/m0/s1. The number of hydrogen-bond acceptors (Lipinski definition) is 4. The van der Waals surface area contributed by atoms with Gasteiger partial charge in [-0.25, -0.2) is 4.99 Å². The van der Waals surface area contributed by atoms with Crippen molar-refractivity contribution in [1.82, 2.24) is 4.90 Å². The van der Waals surface area contributed by atoms with Crippen LogP contribution >= 0.6 is 11.8 Å². The first-order chi connectivity index (χ1) is 12.2. The first-order valence-corrected chi connectivity index (χ1v) is 9.02. The van der Waals surface area contributed by atoms with Gasteiger partial charge in [0.2, 0.25) is 11.8 Å². The summed E-state index contributed by atoms with van der Waals surface area (Å²) in [6, 6.07) is 18.7. The normalized spacial score (nSPS) is 19.1. The number of rotatable bonds is 4. The zero-order chi connectivity index (χ0) is 17.6. The van der Waals surface area contributed by atoms with Gasteiger partial charge in [-0.05, 0) is 31.2 Å². The second-order valence-electron chi connectivity index (χ2n) is 5.53. The highest BCUT2D eigenvalue weighted by molar-refractivity contribution is 8.15. The molecule has 0 aromatic heterocycles. The molecule has 128 valence electrons. The van der Waals surface area contributed by atoms with Crippen LogP contribution in [0.4, 0.5) is 11.4 Å². The highest BCUT2D eigenvalue weighted by Crippen LogP contribution is 2.29. The number of carbonyl (C=O) groups is 2. The van der Waals surface area contributed by atoms with E-state index >= 15 is 0 Å². The average molecular weight is 353 g/mol. The Kier molecular flexibility index (Phi) is 5.50. The second kappa shape index (κ2) is 7.98. The van der Waals surface area contributed by atoms with Crippen LogP contribution in [0.5, 0.6) is 0 Å². The predicted molar refractivity (Wildman–Crippen MR) is 102 cm³/mol. The molecule has 1 atom stereocenters. The number of para-hydroxylation sites is 2. The zero-order valence-corrected chi connectivity index (χ0v) is 14.7. The van der Waals surface area contributed by atoms with Crippen molar-refractivity contribution in [3.05, 3.63) is 60.7 Å². The molecule has 0 aliphatic carbocycles. The Balaban J connectivity index is 1.79. The molecule has 2 aromatic carbocycles. The first kappa shape index (κ1) is 17.2. The number of amidine groups is 1. The average Bonchev–Trinajstić information content (AvgIpc) is 2.63. The molecule has 0 radical (unpaired) electrons. The first-order valence-electron chi connectivity index (χ1n) is 8.14. The summed E-state index contributed by atoms with van der Waals surface area (Å²) in [6.07, 6.45) is 0.172. The molecular weight excluding hydrogens is 334 g/mol. The molecular formula is C19H19N3O2S. The summed E-state index contributed by atoms with van der Waals surface area (Å²) in [5.41, 5.74) is 1.49. The quantitative estimate of drug-likeness (QED) is 0.912. The van der Waals surface area contributed by atoms with E-state index in [1.54, 1.807) is 4.90 Å². The van der Waals surface area contributed by atoms with Gasteiger partial charge in [-0.15, -0.1) is 0 Å². The van der Waals surface area contributed by atoms with Gasteiger partial charge in [-0.3, -0.25) is 14.5 Å². The Hall–Kier alpha value is -2.60. The van der Waals surface area contributed by atoms with Crippen molar-refractivity contribution < 1.29 is 9.59 Å². The van der Waals surface area contributed by atoms with E-state index in [0.29, 0.717) is 11.7 Å². The van der Waals surface area contributed by atoms with Crippen LogP contribution in [-0.4, -0.2) is 33.7 Å². The molecule has 0 spiro atoms. The van der Waals surface area contributed by atoms with Crippen LogP contribution in [0.25, 0.3) is 0 Å². The number of aliphatic imine (C=N–C) groups is 1. The molecule has 0 saturated carbocycles. The minimum atomic E-state index is -0.488. The van der Waals surface area contributed by atoms with E-state index < -0.39 is 5.25 Å². The molecule has 1 saturated heterocycles. The monoisotopic (exact) mass is 353 g/mol. The SMILES string of the molecule is CCN1C(=O)C[C@@H](C(=O)Nc2ccccc2)SC1=Nc1ccccc1. The van der Waals surface area contributed by atoms with Crippen molar-refractivity contribution in [2.45, 2.75) is 18.6 Å². The number of anilines is 1. The largest absolute Gasteiger partial charge is 0.325 e. The summed E-state index contributed by atoms with van der Waals surface area (Å²) in [6.45, 7) is 2.44. The fourth-order valence-electron chi connectivity index (χ4n) is 2.51. The molecule has 25 heavy (non-hydrogen) atoms. The van der Waals surface area contributed by atoms with E-state index in [1.165, 1.54) is 11.8 Å². The fourth-order valence-corrected chi connectivity index (χ4v) is 3.67. The van der Waals surface area contributed by atoms with Crippen LogP contribution in [0.3, 0.4) is 0 Å². The number of hydrogen-bond donors (Lipinski definition) is 1. The van der Waals surface area contributed by atoms with E-state index in [9.17, 15) is 9.59 Å². The molecule has 0 unspecified atom stereocenters. The van der Waals surface area contributed by atoms with E-state index in [1.807, 2.05) is 67.6 Å². The van der Waals surface area contributed by atoms with Gasteiger partial charge in [-0.1, -0.05) is 48.2 Å². The van der Waals surface area contributed by atoms with Gasteiger partial charge >= 0.3 is 0 Å². The highest BCUT2D eigenvalue weighted by Gasteiger charge is 2.35. The second-order valence-corrected chi connectivity index (χ2v) is 6.70. The van der Waals surface area contributed by atoms with Crippen LogP contribution in [-0.2, 0) is 9.59 Å². The van der Waals surface area contributed by atoms with Gasteiger partial charge in [0, 0.05) is 18.7 Å². The Morgan fingerprint density at radius 2 is 1.80 bits per heavy atom. The summed E-state index contributed by atoms with van der Waals surface area (Å²) in [5.74, 6) is -0.259. The smallest absolute Gasteiger partial charge is 0.238 e. The van der Waals surface area contributed by atoms with E-state index in [0.717, 1.165) is 11.4 Å². The van der Waals surface area contributed by atoms with Crippen LogP contribution in [0.1, 0.15) is 13.3 Å². The van der Waals surface area contributed by atoms with Crippen LogP contribution in [0.2, 0.25) is 0 Å². The number of benzene rings is 2. The molecule has 5 nitrogen and oxygen atoms in total. The Bertz CT molecular complexity index is 778. The Morgan fingerprint density at radius 1 is 1.16 bits per heavy atom. The van der Waals surface area contributed by atoms with Crippen molar-refractivity contribution >= 4 is 40.1 Å². The molecule has 3 rings (SSSR count). The van der Waals surface area contributed by atoms with Crippen LogP contribution in [0, 0.1) is 0 Å². The zero-order valence-electron chi connectivity index (χ0n) is 13.9. The van der Waals surface area contributed by atoms with Gasteiger partial charge in [-0.2, -0.15) is 0 Å². The third-order valence-electron chi connectivity index (χ3n) is 3.77. The topological polar surface area (TPSA) is 61.8 Å². The van der Waals surface area contributed by atoms with E-state index in [2.05, 4.69) is 10.3 Å². The molecule has 0 bridgehead atoms. The molecule has 1 fully saturated rings. The number of nitrogens with zero attached hydrogens (tertiary/aromatic N) is 2. The highest BCUT2D eigenvalue weighted by atomic mass is 32.2. The maximum atomic E-state index is 12.5. The van der Waals surface area contributed by atoms with Gasteiger partial charge in [0.05, 0.1) is 5.69 Å². The molecule has 1 aliphatic rings. The summed E-state index contributed by atoms with van der Waals surface area (Å²) in [4.78, 5) is 31.2. The molecule has 1 aliphatic heterocycles. The van der Waals surface area contributed by atoms with E-state index in [-0.39, 0.29) is 18.2 Å². The van der Waals surface area contributed by atoms with E-state index in [4.69, 9.17) is 0 Å². The van der Waals surface area contributed by atoms with Crippen LogP contribution in [0.15, 0.2) is 65.7 Å². The van der Waals surface area contributed by atoms with Gasteiger partial charge in [0.25, 0.3) is 0 Å². The number of nitrogens with one attached hydrogen (secondary N) is 1. The van der Waals surface area contributed by atoms with Crippen LogP contribution < -0.4 is 5.32 Å². The molecule has 1 N–H and O–H groups in total. The summed E-state index contributed by atoms with van der Waals surface area (Å²) < 4.78 is 0. The van der Waals surface area contributed by atoms with Crippen molar-refractivity contribution in [1.29, 1.82) is 0 Å². The summed E-state index contributed by atoms with van der Waals surface area (Å²) >= 11 is 1.33. The Morgan fingerprint density at radius 3 is 2.44 bits per heavy atom. The lowest BCUT2D eigenvalue weighted by Crippen LogP contribution is -2.45. The lowest BCUT2D eigenvalue weighted by Gasteiger charge is -2.30. The minimum Gasteiger partial charge on any atom is -0.325 e. The van der Waals surface area contributed by atoms with Gasteiger partial charge < -0.3 is 5.32 Å². The third kappa shape index (κ3) is 4.28. The number of carbonyl (C=O) groups excluding carboxylic acids is 2. The number of amides is 2. The van der Waals surface area contributed by atoms with Gasteiger partial charge in [0.1, 0.15) is 5.25 Å². The summed E-state index contributed by atoms with van der Waals surface area (Å²) in [5, 5.41) is 2.94. The van der Waals surface area contributed by atoms with Crippen molar-refractivity contribution in [3.63, 3.8) is 0 Å². The third-order valence-corrected chi connectivity index (χ3v) is 4.96. The lowest BCUT2D eigenvalue weighted by atomic mass is 10.2. The molecule has 2 amide bonds. The minimum absolute atomic E-state index is 0.0795. The lowest BCUT2D eigenvalue weighted by molar-refractivity contribution is -0.129. The van der Waals surface area contributed by atoms with Crippen molar-refractivity contribution in [2.75, 3.05) is 11.9 Å². The molecule has 6 heteroatoms. The molecule has 1 heterocycles. The fraction of sp³-hybridized carbons (Fsp3) is 0.211. The summed E-state index contributed by atoms with van der Waals surface area (Å²) in [7, 11) is 0. The maximum absolute atomic E-state index is 12.5. The number of thioether (sulfide) groups is 1. The van der Waals surface area contributed by atoms with Crippen molar-refractivity contribution in [2.24, 2.45) is 4.99 Å². The maximum Gasteiger partial charge on any atom is 0.238 e. The molecule has 2 aromatic rings. The van der Waals surface area contributed by atoms with Crippen molar-refractivity contribution in [3.8, 4) is 0 Å². The predicted octanol–water partition coefficient (Wildman–Crippen LogP) is 3.67.